The molecule has 1 aromatic rings. The molecule has 1 atom stereocenters. The van der Waals surface area contributed by atoms with Gasteiger partial charge in [0.25, 0.3) is 0 Å². The van der Waals surface area contributed by atoms with E-state index in [1.165, 1.54) is 18.2 Å². The van der Waals surface area contributed by atoms with Crippen molar-refractivity contribution in [1.29, 1.82) is 0 Å². The molecule has 1 aromatic carbocycles. The van der Waals surface area contributed by atoms with Crippen molar-refractivity contribution in [1.82, 2.24) is 10.2 Å². The lowest BCUT2D eigenvalue weighted by molar-refractivity contribution is -0.124. The summed E-state index contributed by atoms with van der Waals surface area (Å²) in [4.78, 5) is 25.7. The quantitative estimate of drug-likeness (QED) is 0.868. The number of amides is 3. The Balaban J connectivity index is 1.87. The molecule has 0 unspecified atom stereocenters. The van der Waals surface area contributed by atoms with Crippen molar-refractivity contribution in [2.75, 3.05) is 25.0 Å². The van der Waals surface area contributed by atoms with Crippen molar-refractivity contribution in [3.05, 3.63) is 29.0 Å². The Morgan fingerprint density at radius 1 is 1.42 bits per heavy atom. The molecule has 0 spiro atoms. The van der Waals surface area contributed by atoms with Gasteiger partial charge in [-0.25, -0.2) is 9.18 Å². The number of benzene rings is 1. The number of rotatable bonds is 4. The highest BCUT2D eigenvalue weighted by Gasteiger charge is 2.24. The third kappa shape index (κ3) is 5.09. The van der Waals surface area contributed by atoms with E-state index in [4.69, 9.17) is 11.6 Å². The molecule has 0 bridgehead atoms. The zero-order valence-electron chi connectivity index (χ0n) is 13.9. The molecule has 7 heteroatoms. The first-order valence-electron chi connectivity index (χ1n) is 8.15. The van der Waals surface area contributed by atoms with Gasteiger partial charge in [-0.2, -0.15) is 0 Å². The molecule has 0 aliphatic carbocycles. The number of hydrogen-bond donors (Lipinski definition) is 2. The first-order chi connectivity index (χ1) is 11.4. The van der Waals surface area contributed by atoms with Crippen molar-refractivity contribution in [2.24, 2.45) is 11.8 Å². The van der Waals surface area contributed by atoms with Gasteiger partial charge >= 0.3 is 6.03 Å². The minimum absolute atomic E-state index is 0.0255. The van der Waals surface area contributed by atoms with Gasteiger partial charge < -0.3 is 15.5 Å². The maximum absolute atomic E-state index is 13.2. The van der Waals surface area contributed by atoms with Gasteiger partial charge in [-0.3, -0.25) is 4.79 Å². The summed E-state index contributed by atoms with van der Waals surface area (Å²) < 4.78 is 13.2. The molecule has 0 saturated carbocycles. The number of likely N-dealkylation sites (tertiary alicyclic amines) is 1. The van der Waals surface area contributed by atoms with E-state index in [-0.39, 0.29) is 28.8 Å². The average Bonchev–Trinajstić information content (AvgIpc) is 2.56. The van der Waals surface area contributed by atoms with Crippen LogP contribution in [0, 0.1) is 17.7 Å². The molecule has 1 aliphatic heterocycles. The van der Waals surface area contributed by atoms with Crippen LogP contribution < -0.4 is 10.6 Å². The van der Waals surface area contributed by atoms with Gasteiger partial charge in [0.1, 0.15) is 5.82 Å². The largest absolute Gasteiger partial charge is 0.356 e. The molecule has 2 N–H and O–H groups in total. The van der Waals surface area contributed by atoms with Crippen LogP contribution in [0.3, 0.4) is 0 Å². The Labute approximate surface area is 146 Å². The Morgan fingerprint density at radius 3 is 2.83 bits per heavy atom. The first kappa shape index (κ1) is 18.5. The minimum Gasteiger partial charge on any atom is -0.356 e. The second-order valence-electron chi connectivity index (χ2n) is 6.41. The standard InChI is InChI=1S/C17H23ClFN3O2/c1-11(2)16(23)20-9-12-4-3-7-22(10-12)17(24)21-13-5-6-15(19)14(18)8-13/h5-6,8,11-12H,3-4,7,9-10H2,1-2H3,(H,20,23)(H,21,24)/t12-/m0/s1. The summed E-state index contributed by atoms with van der Waals surface area (Å²) in [5.41, 5.74) is 0.460. The molecule has 1 saturated heterocycles. The second kappa shape index (κ2) is 8.33. The van der Waals surface area contributed by atoms with Crippen molar-refractivity contribution in [3.8, 4) is 0 Å². The molecule has 24 heavy (non-hydrogen) atoms. The SMILES string of the molecule is CC(C)C(=O)NC[C@@H]1CCCN(C(=O)Nc2ccc(F)c(Cl)c2)C1. The predicted octanol–water partition coefficient (Wildman–Crippen LogP) is 3.50. The number of nitrogens with zero attached hydrogens (tertiary/aromatic N) is 1. The maximum Gasteiger partial charge on any atom is 0.321 e. The molecule has 1 heterocycles. The van der Waals surface area contributed by atoms with E-state index in [0.29, 0.717) is 25.3 Å². The maximum atomic E-state index is 13.2. The zero-order chi connectivity index (χ0) is 17.7. The lowest BCUT2D eigenvalue weighted by atomic mass is 9.98. The number of hydrogen-bond acceptors (Lipinski definition) is 2. The van der Waals surface area contributed by atoms with Crippen molar-refractivity contribution in [3.63, 3.8) is 0 Å². The number of piperidine rings is 1. The Morgan fingerprint density at radius 2 is 2.17 bits per heavy atom. The third-order valence-corrected chi connectivity index (χ3v) is 4.36. The molecular weight excluding hydrogens is 333 g/mol. The summed E-state index contributed by atoms with van der Waals surface area (Å²) in [6, 6.07) is 3.85. The molecule has 0 radical (unpaired) electrons. The van der Waals surface area contributed by atoms with Crippen LogP contribution in [0.25, 0.3) is 0 Å². The molecule has 2 rings (SSSR count). The van der Waals surface area contributed by atoms with Gasteiger partial charge in [-0.05, 0) is 37.0 Å². The highest BCUT2D eigenvalue weighted by atomic mass is 35.5. The van der Waals surface area contributed by atoms with E-state index in [2.05, 4.69) is 10.6 Å². The van der Waals surface area contributed by atoms with Gasteiger partial charge in [0.15, 0.2) is 0 Å². The van der Waals surface area contributed by atoms with Gasteiger partial charge in [0.2, 0.25) is 5.91 Å². The number of urea groups is 1. The third-order valence-electron chi connectivity index (χ3n) is 4.07. The van der Waals surface area contributed by atoms with E-state index < -0.39 is 5.82 Å². The topological polar surface area (TPSA) is 61.4 Å². The number of halogens is 2. The summed E-state index contributed by atoms with van der Waals surface area (Å²) in [5, 5.41) is 5.62. The van der Waals surface area contributed by atoms with E-state index in [0.717, 1.165) is 12.8 Å². The van der Waals surface area contributed by atoms with Crippen LogP contribution in [0.2, 0.25) is 5.02 Å². The molecule has 3 amide bonds. The average molecular weight is 356 g/mol. The van der Waals surface area contributed by atoms with Crippen LogP contribution >= 0.6 is 11.6 Å². The first-order valence-corrected chi connectivity index (χ1v) is 8.53. The molecule has 132 valence electrons. The summed E-state index contributed by atoms with van der Waals surface area (Å²) in [6.07, 6.45) is 1.87. The smallest absolute Gasteiger partial charge is 0.321 e. The summed E-state index contributed by atoms with van der Waals surface area (Å²) in [5.74, 6) is -0.300. The van der Waals surface area contributed by atoms with E-state index >= 15 is 0 Å². The fraction of sp³-hybridized carbons (Fsp3) is 0.529. The molecule has 5 nitrogen and oxygen atoms in total. The number of nitrogens with one attached hydrogen (secondary N) is 2. The summed E-state index contributed by atoms with van der Waals surface area (Å²) in [6.45, 7) is 5.52. The summed E-state index contributed by atoms with van der Waals surface area (Å²) in [7, 11) is 0. The van der Waals surface area contributed by atoms with Gasteiger partial charge in [-0.1, -0.05) is 25.4 Å². The fourth-order valence-electron chi connectivity index (χ4n) is 2.64. The Bertz CT molecular complexity index is 609. The van der Waals surface area contributed by atoms with Crippen LogP contribution in [0.1, 0.15) is 26.7 Å². The number of carbonyl (C=O) groups excluding carboxylic acids is 2. The summed E-state index contributed by atoms with van der Waals surface area (Å²) >= 11 is 5.72. The molecule has 1 fully saturated rings. The van der Waals surface area contributed by atoms with Crippen molar-refractivity contribution < 1.29 is 14.0 Å². The number of anilines is 1. The molecule has 1 aliphatic rings. The van der Waals surface area contributed by atoms with Gasteiger partial charge in [0, 0.05) is 31.2 Å². The Hall–Kier alpha value is -1.82. The lowest BCUT2D eigenvalue weighted by Crippen LogP contribution is -2.45. The zero-order valence-corrected chi connectivity index (χ0v) is 14.7. The normalized spacial score (nSPS) is 17.7. The van der Waals surface area contributed by atoms with Gasteiger partial charge in [-0.15, -0.1) is 0 Å². The fourth-order valence-corrected chi connectivity index (χ4v) is 2.82. The minimum atomic E-state index is -0.520. The van der Waals surface area contributed by atoms with Crippen molar-refractivity contribution >= 4 is 29.2 Å². The van der Waals surface area contributed by atoms with Crippen LogP contribution in [0.5, 0.6) is 0 Å². The van der Waals surface area contributed by atoms with E-state index in [1.54, 1.807) is 4.90 Å². The van der Waals surface area contributed by atoms with Crippen LogP contribution in [0.15, 0.2) is 18.2 Å². The van der Waals surface area contributed by atoms with Crippen LogP contribution in [-0.2, 0) is 4.79 Å². The highest BCUT2D eigenvalue weighted by Crippen LogP contribution is 2.21. The monoisotopic (exact) mass is 355 g/mol. The predicted molar refractivity (Wildman–Crippen MR) is 92.6 cm³/mol. The lowest BCUT2D eigenvalue weighted by Gasteiger charge is -2.33. The van der Waals surface area contributed by atoms with Crippen LogP contribution in [0.4, 0.5) is 14.9 Å². The second-order valence-corrected chi connectivity index (χ2v) is 6.82. The Kier molecular flexibility index (Phi) is 6.43. The molecule has 0 aromatic heterocycles. The molecular formula is C17H23ClFN3O2. The van der Waals surface area contributed by atoms with Crippen molar-refractivity contribution in [2.45, 2.75) is 26.7 Å². The van der Waals surface area contributed by atoms with E-state index in [9.17, 15) is 14.0 Å². The van der Waals surface area contributed by atoms with Crippen LogP contribution in [-0.4, -0.2) is 36.5 Å². The van der Waals surface area contributed by atoms with E-state index in [1.807, 2.05) is 13.8 Å². The van der Waals surface area contributed by atoms with Gasteiger partial charge in [0.05, 0.1) is 5.02 Å². The number of carbonyl (C=O) groups is 2. The highest BCUT2D eigenvalue weighted by molar-refractivity contribution is 6.31.